The second kappa shape index (κ2) is 2.81. The molecule has 0 amide bonds. The number of rotatable bonds is 2. The van der Waals surface area contributed by atoms with Crippen LogP contribution in [-0.4, -0.2) is 22.5 Å². The van der Waals surface area contributed by atoms with Crippen molar-refractivity contribution in [1.82, 2.24) is 14.7 Å². The topological polar surface area (TPSA) is 29.3 Å². The molecule has 1 N–H and O–H groups in total. The van der Waals surface area contributed by atoms with Gasteiger partial charge in [-0.05, 0) is 11.8 Å². The molecule has 0 aliphatic carbocycles. The van der Waals surface area contributed by atoms with Gasteiger partial charge in [0.15, 0.2) is 4.96 Å². The van der Waals surface area contributed by atoms with Crippen molar-refractivity contribution in [3.05, 3.63) is 23.5 Å². The van der Waals surface area contributed by atoms with E-state index in [-0.39, 0.29) is 0 Å². The number of imidazole rings is 1. The molecule has 3 heterocycles. The molecule has 0 unspecified atom stereocenters. The van der Waals surface area contributed by atoms with Gasteiger partial charge < -0.3 is 5.32 Å². The summed E-state index contributed by atoms with van der Waals surface area (Å²) in [7, 11) is 0. The zero-order chi connectivity index (χ0) is 9.60. The zero-order valence-corrected chi connectivity index (χ0v) is 8.97. The van der Waals surface area contributed by atoms with Crippen molar-refractivity contribution in [2.75, 3.05) is 13.1 Å². The van der Waals surface area contributed by atoms with Crippen LogP contribution in [0.2, 0.25) is 0 Å². The minimum absolute atomic E-state index is 0.435. The molecule has 1 saturated heterocycles. The third kappa shape index (κ3) is 1.26. The fourth-order valence-electron chi connectivity index (χ4n) is 1.98. The van der Waals surface area contributed by atoms with Gasteiger partial charge in [0.05, 0.1) is 5.69 Å². The van der Waals surface area contributed by atoms with Crippen LogP contribution in [-0.2, 0) is 6.42 Å². The summed E-state index contributed by atoms with van der Waals surface area (Å²) >= 11 is 1.70. The Labute approximate surface area is 86.8 Å². The van der Waals surface area contributed by atoms with Crippen LogP contribution in [0.15, 0.2) is 17.8 Å². The van der Waals surface area contributed by atoms with Crippen molar-refractivity contribution in [2.45, 2.75) is 13.3 Å². The molecule has 2 aromatic rings. The number of fused-ring (bicyclic) bond motifs is 1. The molecule has 74 valence electrons. The highest BCUT2D eigenvalue weighted by atomic mass is 32.1. The highest BCUT2D eigenvalue weighted by Crippen LogP contribution is 2.26. The number of aromatic nitrogens is 2. The van der Waals surface area contributed by atoms with E-state index < -0.39 is 0 Å². The van der Waals surface area contributed by atoms with Gasteiger partial charge in [0.25, 0.3) is 0 Å². The number of nitrogens with zero attached hydrogens (tertiary/aromatic N) is 2. The van der Waals surface area contributed by atoms with Crippen molar-refractivity contribution >= 4 is 16.3 Å². The van der Waals surface area contributed by atoms with Gasteiger partial charge in [0.2, 0.25) is 0 Å². The van der Waals surface area contributed by atoms with Gasteiger partial charge in [-0.15, -0.1) is 11.3 Å². The molecular weight excluding hydrogens is 194 g/mol. The molecule has 0 spiro atoms. The summed E-state index contributed by atoms with van der Waals surface area (Å²) in [6.45, 7) is 4.56. The molecule has 1 aliphatic rings. The number of thiazole rings is 1. The Kier molecular flexibility index (Phi) is 1.69. The second-order valence-corrected chi connectivity index (χ2v) is 5.29. The molecule has 2 aromatic heterocycles. The first-order chi connectivity index (χ1) is 6.75. The lowest BCUT2D eigenvalue weighted by molar-refractivity contribution is 0.194. The molecule has 3 rings (SSSR count). The predicted molar refractivity (Wildman–Crippen MR) is 57.7 cm³/mol. The van der Waals surface area contributed by atoms with E-state index in [9.17, 15) is 0 Å². The van der Waals surface area contributed by atoms with Crippen molar-refractivity contribution in [3.63, 3.8) is 0 Å². The van der Waals surface area contributed by atoms with E-state index in [2.05, 4.69) is 39.4 Å². The molecule has 3 nitrogen and oxygen atoms in total. The highest BCUT2D eigenvalue weighted by Gasteiger charge is 2.32. The first kappa shape index (κ1) is 8.44. The minimum atomic E-state index is 0.435. The summed E-state index contributed by atoms with van der Waals surface area (Å²) < 4.78 is 2.11. The van der Waals surface area contributed by atoms with E-state index in [1.165, 1.54) is 5.69 Å². The smallest absolute Gasteiger partial charge is 0.193 e. The van der Waals surface area contributed by atoms with E-state index >= 15 is 0 Å². The lowest BCUT2D eigenvalue weighted by atomic mass is 9.80. The summed E-state index contributed by atoms with van der Waals surface area (Å²) in [5, 5.41) is 5.39. The summed E-state index contributed by atoms with van der Waals surface area (Å²) in [5.41, 5.74) is 1.66. The Hall–Kier alpha value is -0.870. The molecule has 0 atom stereocenters. The van der Waals surface area contributed by atoms with Gasteiger partial charge in [-0.25, -0.2) is 4.98 Å². The largest absolute Gasteiger partial charge is 0.316 e. The number of nitrogens with one attached hydrogen (secondary N) is 1. The molecule has 1 aliphatic heterocycles. The average Bonchev–Trinajstić information content (AvgIpc) is 2.60. The maximum atomic E-state index is 4.59. The van der Waals surface area contributed by atoms with Crippen molar-refractivity contribution < 1.29 is 0 Å². The standard InChI is InChI=1S/C10H13N3S/c1-10(6-11-7-10)4-8-5-13-2-3-14-9(13)12-8/h2-3,5,11H,4,6-7H2,1H3. The Morgan fingerprint density at radius 3 is 3.14 bits per heavy atom. The first-order valence-corrected chi connectivity index (χ1v) is 5.75. The molecule has 14 heavy (non-hydrogen) atoms. The van der Waals surface area contributed by atoms with Crippen LogP contribution < -0.4 is 5.32 Å². The van der Waals surface area contributed by atoms with Gasteiger partial charge in [-0.1, -0.05) is 6.92 Å². The van der Waals surface area contributed by atoms with Crippen LogP contribution in [0.25, 0.3) is 4.96 Å². The summed E-state index contributed by atoms with van der Waals surface area (Å²) in [6, 6.07) is 0. The third-order valence-electron chi connectivity index (χ3n) is 2.85. The highest BCUT2D eigenvalue weighted by molar-refractivity contribution is 7.15. The molecule has 4 heteroatoms. The van der Waals surface area contributed by atoms with Crippen LogP contribution >= 0.6 is 11.3 Å². The Morgan fingerprint density at radius 2 is 2.50 bits per heavy atom. The Morgan fingerprint density at radius 1 is 1.64 bits per heavy atom. The van der Waals surface area contributed by atoms with Gasteiger partial charge in [-0.3, -0.25) is 4.40 Å². The maximum absolute atomic E-state index is 4.59. The quantitative estimate of drug-likeness (QED) is 0.809. The monoisotopic (exact) mass is 207 g/mol. The SMILES string of the molecule is CC1(Cc2cn3ccsc3n2)CNC1. The normalized spacial score (nSPS) is 19.8. The van der Waals surface area contributed by atoms with Crippen molar-refractivity contribution in [1.29, 1.82) is 0 Å². The van der Waals surface area contributed by atoms with Gasteiger partial charge >= 0.3 is 0 Å². The molecule has 0 saturated carbocycles. The van der Waals surface area contributed by atoms with Crippen LogP contribution in [0, 0.1) is 5.41 Å². The molecule has 0 aromatic carbocycles. The van der Waals surface area contributed by atoms with Crippen molar-refractivity contribution in [2.24, 2.45) is 5.41 Å². The van der Waals surface area contributed by atoms with Gasteiger partial charge in [0.1, 0.15) is 0 Å². The van der Waals surface area contributed by atoms with E-state index in [0.717, 1.165) is 24.5 Å². The predicted octanol–water partition coefficient (Wildman–Crippen LogP) is 1.55. The molecular formula is C10H13N3S. The number of hydrogen-bond donors (Lipinski definition) is 1. The summed E-state index contributed by atoms with van der Waals surface area (Å²) in [6.07, 6.45) is 5.31. The van der Waals surface area contributed by atoms with Gasteiger partial charge in [0, 0.05) is 30.9 Å². The summed E-state index contributed by atoms with van der Waals surface area (Å²) in [4.78, 5) is 5.70. The first-order valence-electron chi connectivity index (χ1n) is 4.87. The lowest BCUT2D eigenvalue weighted by Gasteiger charge is -2.38. The fraction of sp³-hybridized carbons (Fsp3) is 0.500. The second-order valence-electron chi connectivity index (χ2n) is 4.42. The van der Waals surface area contributed by atoms with Crippen LogP contribution in [0.3, 0.4) is 0 Å². The van der Waals surface area contributed by atoms with Crippen LogP contribution in [0.4, 0.5) is 0 Å². The zero-order valence-electron chi connectivity index (χ0n) is 8.16. The lowest BCUT2D eigenvalue weighted by Crippen LogP contribution is -2.52. The molecule has 0 bridgehead atoms. The Balaban J connectivity index is 1.88. The third-order valence-corrected chi connectivity index (χ3v) is 3.63. The van der Waals surface area contributed by atoms with E-state index in [1.54, 1.807) is 11.3 Å². The summed E-state index contributed by atoms with van der Waals surface area (Å²) in [5.74, 6) is 0. The molecule has 0 radical (unpaired) electrons. The Bertz CT molecular complexity index is 424. The van der Waals surface area contributed by atoms with Crippen molar-refractivity contribution in [3.8, 4) is 0 Å². The van der Waals surface area contributed by atoms with E-state index in [0.29, 0.717) is 5.41 Å². The fourth-order valence-corrected chi connectivity index (χ4v) is 2.69. The maximum Gasteiger partial charge on any atom is 0.193 e. The van der Waals surface area contributed by atoms with E-state index in [1.807, 2.05) is 0 Å². The van der Waals surface area contributed by atoms with Crippen LogP contribution in [0.1, 0.15) is 12.6 Å². The average molecular weight is 207 g/mol. The van der Waals surface area contributed by atoms with Gasteiger partial charge in [-0.2, -0.15) is 0 Å². The molecule has 1 fully saturated rings. The van der Waals surface area contributed by atoms with Crippen LogP contribution in [0.5, 0.6) is 0 Å². The minimum Gasteiger partial charge on any atom is -0.316 e. The van der Waals surface area contributed by atoms with E-state index in [4.69, 9.17) is 0 Å². The number of hydrogen-bond acceptors (Lipinski definition) is 3.